The largest absolute Gasteiger partial charge is 0.387 e. The highest BCUT2D eigenvalue weighted by Gasteiger charge is 2.47. The lowest BCUT2D eigenvalue weighted by atomic mass is 10.1. The number of fused-ring (bicyclic) bond motifs is 1. The predicted molar refractivity (Wildman–Crippen MR) is 149 cm³/mol. The molecule has 12 heteroatoms. The van der Waals surface area contributed by atoms with Gasteiger partial charge in [0.15, 0.2) is 29.0 Å². The van der Waals surface area contributed by atoms with Crippen LogP contribution < -0.4 is 10.2 Å². The average molecular weight is 552 g/mol. The number of aryl methyl sites for hydroxylation is 1. The van der Waals surface area contributed by atoms with Crippen LogP contribution in [0, 0.1) is 0 Å². The van der Waals surface area contributed by atoms with Crippen LogP contribution in [0.2, 0.25) is 0 Å². The number of benzene rings is 1. The topological polar surface area (TPSA) is 155 Å². The molecule has 214 valence electrons. The van der Waals surface area contributed by atoms with Gasteiger partial charge in [-0.3, -0.25) is 4.57 Å². The van der Waals surface area contributed by atoms with Crippen molar-refractivity contribution in [3.63, 3.8) is 0 Å². The van der Waals surface area contributed by atoms with E-state index < -0.39 is 24.5 Å². The van der Waals surface area contributed by atoms with E-state index in [1.54, 1.807) is 15.5 Å². The van der Waals surface area contributed by atoms with Crippen LogP contribution in [0.3, 0.4) is 0 Å². The normalized spacial score (nSPS) is 21.0. The fraction of sp³-hybridized carbons (Fsp3) is 0.500. The quantitative estimate of drug-likeness (QED) is 0.192. The summed E-state index contributed by atoms with van der Waals surface area (Å²) >= 11 is 0. The van der Waals surface area contributed by atoms with Crippen LogP contribution in [0.15, 0.2) is 47.2 Å². The molecular formula is C28H37N7O5. The Bertz CT molecular complexity index is 1390. The smallest absolute Gasteiger partial charge is 0.231 e. The maximum absolute atomic E-state index is 11.0. The minimum absolute atomic E-state index is 0.154. The molecular weight excluding hydrogens is 514 g/mol. The Balaban J connectivity index is 1.51. The first kappa shape index (κ1) is 28.0. The van der Waals surface area contributed by atoms with E-state index in [1.165, 1.54) is 6.33 Å². The molecule has 3 aromatic heterocycles. The number of aliphatic hydroxyl groups excluding tert-OH is 3. The van der Waals surface area contributed by atoms with Gasteiger partial charge in [0, 0.05) is 18.7 Å². The summed E-state index contributed by atoms with van der Waals surface area (Å²) in [7, 11) is 0. The highest BCUT2D eigenvalue weighted by atomic mass is 16.6. The number of imidazole rings is 1. The lowest BCUT2D eigenvalue weighted by molar-refractivity contribution is -0.0434. The third kappa shape index (κ3) is 5.52. The van der Waals surface area contributed by atoms with Gasteiger partial charge in [0.05, 0.1) is 12.0 Å². The van der Waals surface area contributed by atoms with Crippen LogP contribution in [-0.2, 0) is 17.6 Å². The summed E-state index contributed by atoms with van der Waals surface area (Å²) in [5, 5.41) is 39.6. The molecule has 40 heavy (non-hydrogen) atoms. The summed E-state index contributed by atoms with van der Waals surface area (Å²) in [6.07, 6.45) is 0.214. The van der Waals surface area contributed by atoms with Gasteiger partial charge < -0.3 is 34.8 Å². The molecule has 5 rings (SSSR count). The standard InChI is InChI=1S/C28H37N7O5/c1-4-18(5-2)30-25-21-26(32-28(31-25)34(16-36)13-12-17-10-8-7-9-11-17)35(15-29-21)27-23(38)22(37)24(39-27)20-14-19(6-3)33-40-20/h7-11,14-15,18,22-24,27,36-38H,4-6,12-13,16H2,1-3H3,(H,30,31,32)/t22-,23+,24+,27+/m0/s1. The first-order valence-electron chi connectivity index (χ1n) is 13.8. The van der Waals surface area contributed by atoms with Crippen LogP contribution >= 0.6 is 0 Å². The molecule has 0 bridgehead atoms. The number of ether oxygens (including phenoxy) is 1. The van der Waals surface area contributed by atoms with Gasteiger partial charge >= 0.3 is 0 Å². The van der Waals surface area contributed by atoms with Crippen molar-refractivity contribution in [3.05, 3.63) is 59.7 Å². The van der Waals surface area contributed by atoms with Gasteiger partial charge in [0.25, 0.3) is 0 Å². The van der Waals surface area contributed by atoms with Gasteiger partial charge in [-0.15, -0.1) is 0 Å². The van der Waals surface area contributed by atoms with Crippen molar-refractivity contribution in [1.82, 2.24) is 24.7 Å². The number of aromatic nitrogens is 5. The Morgan fingerprint density at radius 3 is 2.52 bits per heavy atom. The predicted octanol–water partition coefficient (Wildman–Crippen LogP) is 2.97. The van der Waals surface area contributed by atoms with E-state index in [0.717, 1.165) is 24.1 Å². The van der Waals surface area contributed by atoms with Crippen LogP contribution in [0.1, 0.15) is 63.0 Å². The highest BCUT2D eigenvalue weighted by molar-refractivity contribution is 5.84. The molecule has 1 aliphatic rings. The average Bonchev–Trinajstić information content (AvgIpc) is 3.70. The lowest BCUT2D eigenvalue weighted by Gasteiger charge is -2.23. The van der Waals surface area contributed by atoms with Crippen molar-refractivity contribution >= 4 is 22.9 Å². The molecule has 0 aliphatic carbocycles. The second kappa shape index (κ2) is 12.3. The molecule has 1 saturated heterocycles. The second-order valence-electron chi connectivity index (χ2n) is 10.00. The van der Waals surface area contributed by atoms with E-state index in [2.05, 4.69) is 29.3 Å². The molecule has 12 nitrogen and oxygen atoms in total. The van der Waals surface area contributed by atoms with Gasteiger partial charge in [-0.25, -0.2) is 4.98 Å². The fourth-order valence-electron chi connectivity index (χ4n) is 4.92. The third-order valence-electron chi connectivity index (χ3n) is 7.44. The van der Waals surface area contributed by atoms with Gasteiger partial charge in [-0.2, -0.15) is 9.97 Å². The van der Waals surface area contributed by atoms with Crippen molar-refractivity contribution in [2.75, 3.05) is 23.5 Å². The molecule has 4 atom stereocenters. The van der Waals surface area contributed by atoms with Crippen molar-refractivity contribution in [2.45, 2.75) is 77.0 Å². The Hall–Kier alpha value is -3.58. The maximum atomic E-state index is 11.0. The molecule has 0 spiro atoms. The van der Waals surface area contributed by atoms with E-state index >= 15 is 0 Å². The van der Waals surface area contributed by atoms with Crippen LogP contribution in [0.5, 0.6) is 0 Å². The van der Waals surface area contributed by atoms with E-state index in [1.807, 2.05) is 37.3 Å². The molecule has 4 heterocycles. The van der Waals surface area contributed by atoms with Gasteiger partial charge in [0.2, 0.25) is 5.95 Å². The Labute approximate surface area is 232 Å². The number of hydrogen-bond donors (Lipinski definition) is 4. The SMILES string of the molecule is CCc1cc([C@H]2O[C@@H](n3cnc4c(NC(CC)CC)nc(N(CO)CCc5ccccc5)nc43)[C@H](O)[C@@H]2O)on1. The van der Waals surface area contributed by atoms with Crippen LogP contribution in [-0.4, -0.2) is 71.5 Å². The minimum Gasteiger partial charge on any atom is -0.387 e. The van der Waals surface area contributed by atoms with E-state index in [4.69, 9.17) is 19.2 Å². The summed E-state index contributed by atoms with van der Waals surface area (Å²) in [6, 6.07) is 11.9. The number of rotatable bonds is 12. The van der Waals surface area contributed by atoms with Crippen LogP contribution in [0.4, 0.5) is 11.8 Å². The zero-order chi connectivity index (χ0) is 28.2. The molecule has 0 radical (unpaired) electrons. The van der Waals surface area contributed by atoms with E-state index in [9.17, 15) is 15.3 Å². The lowest BCUT2D eigenvalue weighted by Crippen LogP contribution is -2.30. The fourth-order valence-corrected chi connectivity index (χ4v) is 4.92. The summed E-state index contributed by atoms with van der Waals surface area (Å²) in [5.41, 5.74) is 2.76. The second-order valence-corrected chi connectivity index (χ2v) is 10.00. The van der Waals surface area contributed by atoms with Crippen molar-refractivity contribution < 1.29 is 24.6 Å². The van der Waals surface area contributed by atoms with Gasteiger partial charge in [0.1, 0.15) is 25.0 Å². The van der Waals surface area contributed by atoms with Crippen molar-refractivity contribution in [1.29, 1.82) is 0 Å². The molecule has 0 saturated carbocycles. The highest BCUT2D eigenvalue weighted by Crippen LogP contribution is 2.40. The first-order valence-corrected chi connectivity index (χ1v) is 13.8. The van der Waals surface area contributed by atoms with E-state index in [0.29, 0.717) is 48.1 Å². The maximum Gasteiger partial charge on any atom is 0.231 e. The number of aliphatic hydroxyl groups is 3. The zero-order valence-corrected chi connectivity index (χ0v) is 23.0. The summed E-state index contributed by atoms with van der Waals surface area (Å²) < 4.78 is 13.1. The summed E-state index contributed by atoms with van der Waals surface area (Å²) in [5.74, 6) is 1.18. The summed E-state index contributed by atoms with van der Waals surface area (Å²) in [4.78, 5) is 15.8. The molecule has 0 unspecified atom stereocenters. The molecule has 4 N–H and O–H groups in total. The number of anilines is 2. The molecule has 1 fully saturated rings. The molecule has 1 aliphatic heterocycles. The molecule has 4 aromatic rings. The summed E-state index contributed by atoms with van der Waals surface area (Å²) in [6.45, 7) is 6.33. The minimum atomic E-state index is -1.28. The van der Waals surface area contributed by atoms with E-state index in [-0.39, 0.29) is 12.8 Å². The van der Waals surface area contributed by atoms with Crippen molar-refractivity contribution in [3.8, 4) is 0 Å². The molecule has 0 amide bonds. The van der Waals surface area contributed by atoms with Crippen molar-refractivity contribution in [2.24, 2.45) is 0 Å². The van der Waals surface area contributed by atoms with Gasteiger partial charge in [-0.05, 0) is 31.2 Å². The third-order valence-corrected chi connectivity index (χ3v) is 7.44. The number of nitrogens with one attached hydrogen (secondary N) is 1. The van der Waals surface area contributed by atoms with Crippen LogP contribution in [0.25, 0.3) is 11.2 Å². The zero-order valence-electron chi connectivity index (χ0n) is 23.0. The monoisotopic (exact) mass is 551 g/mol. The number of nitrogens with zero attached hydrogens (tertiary/aromatic N) is 6. The Morgan fingerprint density at radius 1 is 1.07 bits per heavy atom. The van der Waals surface area contributed by atoms with Gasteiger partial charge in [-0.1, -0.05) is 56.3 Å². The molecule has 1 aromatic carbocycles. The Morgan fingerprint density at radius 2 is 1.85 bits per heavy atom. The number of hydrogen-bond acceptors (Lipinski definition) is 11. The first-order chi connectivity index (χ1) is 19.5. The Kier molecular flexibility index (Phi) is 8.60.